The van der Waals surface area contributed by atoms with E-state index >= 15 is 0 Å². The molecule has 132 valence electrons. The van der Waals surface area contributed by atoms with Crippen molar-refractivity contribution in [3.63, 3.8) is 0 Å². The first-order valence-corrected chi connectivity index (χ1v) is 8.39. The van der Waals surface area contributed by atoms with Gasteiger partial charge in [-0.2, -0.15) is 0 Å². The van der Waals surface area contributed by atoms with Crippen LogP contribution in [0.15, 0.2) is 18.2 Å². The van der Waals surface area contributed by atoms with E-state index in [1.165, 1.54) is 0 Å². The molecule has 24 heavy (non-hydrogen) atoms. The molecule has 2 rings (SSSR count). The Bertz CT molecular complexity index is 573. The van der Waals surface area contributed by atoms with E-state index in [-0.39, 0.29) is 18.2 Å². The molecule has 0 saturated carbocycles. The van der Waals surface area contributed by atoms with E-state index in [1.54, 1.807) is 7.11 Å². The summed E-state index contributed by atoms with van der Waals surface area (Å²) < 4.78 is 10.9. The zero-order valence-electron chi connectivity index (χ0n) is 14.0. The van der Waals surface area contributed by atoms with Crippen LogP contribution in [-0.4, -0.2) is 37.2 Å². The topological polar surface area (TPSA) is 84.9 Å². The summed E-state index contributed by atoms with van der Waals surface area (Å²) in [5.74, 6) is 0.654. The van der Waals surface area contributed by atoms with Crippen LogP contribution in [0.3, 0.4) is 0 Å². The summed E-state index contributed by atoms with van der Waals surface area (Å²) in [6, 6.07) is 5.64. The zero-order chi connectivity index (χ0) is 17.4. The summed E-state index contributed by atoms with van der Waals surface area (Å²) in [7, 11) is 1.62. The molecule has 1 atom stereocenters. The molecule has 1 aliphatic heterocycles. The summed E-state index contributed by atoms with van der Waals surface area (Å²) in [6.07, 6.45) is 4.23. The van der Waals surface area contributed by atoms with Gasteiger partial charge >= 0.3 is 5.97 Å². The molecule has 0 fully saturated rings. The lowest BCUT2D eigenvalue weighted by Crippen LogP contribution is -2.37. The van der Waals surface area contributed by atoms with E-state index in [1.807, 2.05) is 18.2 Å². The Hall–Kier alpha value is -2.24. The largest absolute Gasteiger partial charge is 0.497 e. The van der Waals surface area contributed by atoms with Crippen LogP contribution in [0.2, 0.25) is 0 Å². The lowest BCUT2D eigenvalue weighted by Gasteiger charge is -2.25. The van der Waals surface area contributed by atoms with Gasteiger partial charge in [0, 0.05) is 13.0 Å². The van der Waals surface area contributed by atoms with E-state index in [2.05, 4.69) is 5.32 Å². The first-order valence-electron chi connectivity index (χ1n) is 8.39. The molecule has 0 aliphatic carbocycles. The van der Waals surface area contributed by atoms with Crippen LogP contribution in [0, 0.1) is 5.92 Å². The molecule has 6 heteroatoms. The predicted molar refractivity (Wildman–Crippen MR) is 89.4 cm³/mol. The molecule has 1 aliphatic rings. The summed E-state index contributed by atoms with van der Waals surface area (Å²) in [5, 5.41) is 11.5. The number of hydrogen-bond acceptors (Lipinski definition) is 4. The van der Waals surface area contributed by atoms with Crippen LogP contribution in [0.1, 0.15) is 37.7 Å². The molecular weight excluding hydrogens is 310 g/mol. The monoisotopic (exact) mass is 335 g/mol. The number of aliphatic carboxylic acids is 1. The van der Waals surface area contributed by atoms with Crippen LogP contribution in [0.25, 0.3) is 0 Å². The molecule has 1 unspecified atom stereocenters. The zero-order valence-corrected chi connectivity index (χ0v) is 14.0. The minimum Gasteiger partial charge on any atom is -0.497 e. The second-order valence-corrected chi connectivity index (χ2v) is 6.03. The average molecular weight is 335 g/mol. The number of benzene rings is 1. The summed E-state index contributed by atoms with van der Waals surface area (Å²) >= 11 is 0. The first-order chi connectivity index (χ1) is 11.6. The Balaban J connectivity index is 1.69. The Morgan fingerprint density at radius 3 is 2.83 bits per heavy atom. The van der Waals surface area contributed by atoms with Crippen molar-refractivity contribution in [3.8, 4) is 11.5 Å². The smallest absolute Gasteiger partial charge is 0.303 e. The number of carbonyl (C=O) groups is 2. The third kappa shape index (κ3) is 5.44. The number of fused-ring (bicyclic) bond motifs is 1. The van der Waals surface area contributed by atoms with E-state index in [9.17, 15) is 9.59 Å². The number of carboxylic acid groups (broad SMARTS) is 1. The predicted octanol–water partition coefficient (Wildman–Crippen LogP) is 2.40. The highest BCUT2D eigenvalue weighted by atomic mass is 16.5. The van der Waals surface area contributed by atoms with Gasteiger partial charge in [0.05, 0.1) is 13.0 Å². The summed E-state index contributed by atoms with van der Waals surface area (Å²) in [6.45, 7) is 1.01. The lowest BCUT2D eigenvalue weighted by molar-refractivity contribution is -0.137. The number of unbranched alkanes of at least 4 members (excludes halogenated alkanes) is 3. The summed E-state index contributed by atoms with van der Waals surface area (Å²) in [5.41, 5.74) is 0.995. The molecule has 0 saturated heterocycles. The molecule has 0 spiro atoms. The average Bonchev–Trinajstić information content (AvgIpc) is 2.59. The second kappa shape index (κ2) is 9.15. The van der Waals surface area contributed by atoms with Gasteiger partial charge in [0.15, 0.2) is 0 Å². The molecular formula is C18H25NO5. The van der Waals surface area contributed by atoms with Gasteiger partial charge in [-0.3, -0.25) is 9.59 Å². The fourth-order valence-electron chi connectivity index (χ4n) is 2.78. The Kier molecular flexibility index (Phi) is 6.90. The normalized spacial score (nSPS) is 16.0. The highest BCUT2D eigenvalue weighted by molar-refractivity contribution is 5.79. The van der Waals surface area contributed by atoms with Gasteiger partial charge in [0.25, 0.3) is 0 Å². The van der Waals surface area contributed by atoms with E-state index in [0.717, 1.165) is 36.3 Å². The van der Waals surface area contributed by atoms with Crippen molar-refractivity contribution in [1.29, 1.82) is 0 Å². The molecule has 1 aromatic carbocycles. The number of rotatable bonds is 9. The lowest BCUT2D eigenvalue weighted by atomic mass is 9.95. The highest BCUT2D eigenvalue weighted by Gasteiger charge is 2.26. The fraction of sp³-hybridized carbons (Fsp3) is 0.556. The molecule has 0 radical (unpaired) electrons. The number of nitrogens with one attached hydrogen (secondary N) is 1. The van der Waals surface area contributed by atoms with Crippen LogP contribution in [0.4, 0.5) is 0 Å². The van der Waals surface area contributed by atoms with Gasteiger partial charge in [-0.25, -0.2) is 0 Å². The minimum atomic E-state index is -0.752. The fourth-order valence-corrected chi connectivity index (χ4v) is 2.78. The maximum atomic E-state index is 12.2. The van der Waals surface area contributed by atoms with Crippen molar-refractivity contribution in [2.45, 2.75) is 38.5 Å². The molecule has 0 bridgehead atoms. The number of amides is 1. The molecule has 1 heterocycles. The number of hydrogen-bond donors (Lipinski definition) is 2. The Morgan fingerprint density at radius 1 is 1.29 bits per heavy atom. The maximum absolute atomic E-state index is 12.2. The third-order valence-electron chi connectivity index (χ3n) is 4.16. The van der Waals surface area contributed by atoms with Crippen molar-refractivity contribution in [3.05, 3.63) is 23.8 Å². The first kappa shape index (κ1) is 18.1. The number of carboxylic acids is 1. The van der Waals surface area contributed by atoms with Crippen molar-refractivity contribution in [2.24, 2.45) is 5.92 Å². The van der Waals surface area contributed by atoms with Crippen LogP contribution in [-0.2, 0) is 16.0 Å². The maximum Gasteiger partial charge on any atom is 0.303 e. The van der Waals surface area contributed by atoms with Crippen molar-refractivity contribution in [2.75, 3.05) is 20.3 Å². The number of ether oxygens (including phenoxy) is 2. The Labute approximate surface area is 142 Å². The van der Waals surface area contributed by atoms with Gasteiger partial charge in [0.2, 0.25) is 5.91 Å². The molecule has 1 amide bonds. The van der Waals surface area contributed by atoms with Gasteiger partial charge in [-0.05, 0) is 43.0 Å². The molecule has 6 nitrogen and oxygen atoms in total. The van der Waals surface area contributed by atoms with Gasteiger partial charge in [-0.1, -0.05) is 12.8 Å². The number of carbonyl (C=O) groups excluding carboxylic acids is 1. The van der Waals surface area contributed by atoms with Crippen molar-refractivity contribution < 1.29 is 24.2 Å². The second-order valence-electron chi connectivity index (χ2n) is 6.03. The molecule has 2 N–H and O–H groups in total. The highest BCUT2D eigenvalue weighted by Crippen LogP contribution is 2.30. The van der Waals surface area contributed by atoms with Gasteiger partial charge in [-0.15, -0.1) is 0 Å². The van der Waals surface area contributed by atoms with Gasteiger partial charge in [0.1, 0.15) is 18.1 Å². The van der Waals surface area contributed by atoms with Crippen LogP contribution >= 0.6 is 0 Å². The van der Waals surface area contributed by atoms with E-state index in [4.69, 9.17) is 14.6 Å². The van der Waals surface area contributed by atoms with Crippen LogP contribution < -0.4 is 14.8 Å². The third-order valence-corrected chi connectivity index (χ3v) is 4.16. The van der Waals surface area contributed by atoms with Crippen molar-refractivity contribution in [1.82, 2.24) is 5.32 Å². The van der Waals surface area contributed by atoms with Crippen molar-refractivity contribution >= 4 is 11.9 Å². The van der Waals surface area contributed by atoms with Gasteiger partial charge < -0.3 is 19.9 Å². The molecule has 0 aromatic heterocycles. The Morgan fingerprint density at radius 2 is 2.08 bits per heavy atom. The van der Waals surface area contributed by atoms with E-state index in [0.29, 0.717) is 26.0 Å². The standard InChI is InChI=1S/C18H25NO5/c1-23-15-7-8-16-13(11-15)10-14(12-24-16)18(22)19-9-5-3-2-4-6-17(20)21/h7-8,11,14H,2-6,9-10,12H2,1H3,(H,19,22)(H,20,21). The SMILES string of the molecule is COc1ccc2c(c1)CC(C(=O)NCCCCCCC(=O)O)CO2. The minimum absolute atomic E-state index is 0.00834. The molecule has 1 aromatic rings. The van der Waals surface area contributed by atoms with E-state index < -0.39 is 5.97 Å². The quantitative estimate of drug-likeness (QED) is 0.677. The summed E-state index contributed by atoms with van der Waals surface area (Å²) in [4.78, 5) is 22.6. The number of methoxy groups -OCH3 is 1. The van der Waals surface area contributed by atoms with Crippen LogP contribution in [0.5, 0.6) is 11.5 Å².